The van der Waals surface area contributed by atoms with E-state index in [4.69, 9.17) is 0 Å². The second-order valence-electron chi connectivity index (χ2n) is 5.08. The van der Waals surface area contributed by atoms with E-state index in [-0.39, 0.29) is 11.3 Å². The monoisotopic (exact) mass is 303 g/mol. The van der Waals surface area contributed by atoms with Crippen LogP contribution in [0.25, 0.3) is 0 Å². The van der Waals surface area contributed by atoms with Crippen LogP contribution < -0.4 is 5.32 Å². The molecule has 20 heavy (non-hydrogen) atoms. The Labute approximate surface area is 118 Å². The fourth-order valence-corrected chi connectivity index (χ4v) is 4.87. The van der Waals surface area contributed by atoms with Crippen LogP contribution in [0.4, 0.5) is 8.78 Å². The molecule has 0 saturated carbocycles. The van der Waals surface area contributed by atoms with Gasteiger partial charge in [-0.2, -0.15) is 0 Å². The number of sulfone groups is 1. The minimum absolute atomic E-state index is 0.0994. The highest BCUT2D eigenvalue weighted by Gasteiger charge is 2.37. The summed E-state index contributed by atoms with van der Waals surface area (Å²) in [6.07, 6.45) is 1.92. The first-order valence-corrected chi connectivity index (χ1v) is 8.57. The van der Waals surface area contributed by atoms with Crippen LogP contribution in [0.15, 0.2) is 18.2 Å². The van der Waals surface area contributed by atoms with Crippen LogP contribution in [0.2, 0.25) is 0 Å². The van der Waals surface area contributed by atoms with E-state index in [1.54, 1.807) is 0 Å². The molecule has 0 amide bonds. The Morgan fingerprint density at radius 2 is 2.10 bits per heavy atom. The molecule has 1 saturated heterocycles. The van der Waals surface area contributed by atoms with E-state index in [2.05, 4.69) is 5.32 Å². The van der Waals surface area contributed by atoms with E-state index >= 15 is 0 Å². The van der Waals surface area contributed by atoms with Gasteiger partial charge in [0.15, 0.2) is 21.5 Å². The third-order valence-electron chi connectivity index (χ3n) is 3.74. The van der Waals surface area contributed by atoms with Crippen LogP contribution in [-0.4, -0.2) is 26.0 Å². The van der Waals surface area contributed by atoms with E-state index < -0.39 is 32.8 Å². The summed E-state index contributed by atoms with van der Waals surface area (Å²) in [6, 6.07) is 3.21. The first kappa shape index (κ1) is 15.4. The van der Waals surface area contributed by atoms with Gasteiger partial charge < -0.3 is 5.32 Å². The maximum Gasteiger partial charge on any atom is 0.163 e. The van der Waals surface area contributed by atoms with E-state index in [1.165, 1.54) is 12.1 Å². The SMILES string of the molecule is CCNC(c1cccc(F)c1F)C1CCCCS1(=O)=O. The van der Waals surface area contributed by atoms with Crippen LogP contribution in [0.5, 0.6) is 0 Å². The molecule has 1 N–H and O–H groups in total. The molecule has 2 unspecified atom stereocenters. The molecule has 0 aliphatic carbocycles. The van der Waals surface area contributed by atoms with Crippen molar-refractivity contribution in [3.8, 4) is 0 Å². The predicted molar refractivity (Wildman–Crippen MR) is 74.2 cm³/mol. The van der Waals surface area contributed by atoms with Crippen molar-refractivity contribution in [1.82, 2.24) is 5.32 Å². The molecule has 2 rings (SSSR count). The van der Waals surface area contributed by atoms with Crippen LogP contribution in [0, 0.1) is 11.6 Å². The Balaban J connectivity index is 2.43. The number of halogens is 2. The van der Waals surface area contributed by atoms with Crippen molar-refractivity contribution >= 4 is 9.84 Å². The van der Waals surface area contributed by atoms with Gasteiger partial charge in [-0.25, -0.2) is 17.2 Å². The highest BCUT2D eigenvalue weighted by atomic mass is 32.2. The molecule has 1 aliphatic rings. The Bertz CT molecular complexity index is 575. The van der Waals surface area contributed by atoms with Gasteiger partial charge >= 0.3 is 0 Å². The lowest BCUT2D eigenvalue weighted by Crippen LogP contribution is -2.41. The maximum atomic E-state index is 14.0. The standard InChI is InChI=1S/C14H19F2NO2S/c1-2-17-14(10-6-5-7-11(15)13(10)16)12-8-3-4-9-20(12,18)19/h5-7,12,14,17H,2-4,8-9H2,1H3. The number of benzene rings is 1. The topological polar surface area (TPSA) is 46.2 Å². The van der Waals surface area contributed by atoms with Gasteiger partial charge in [0, 0.05) is 5.56 Å². The van der Waals surface area contributed by atoms with Crippen molar-refractivity contribution < 1.29 is 17.2 Å². The third kappa shape index (κ3) is 3.01. The summed E-state index contributed by atoms with van der Waals surface area (Å²) in [5.41, 5.74) is 0.0994. The molecule has 0 spiro atoms. The van der Waals surface area contributed by atoms with Gasteiger partial charge in [0.05, 0.1) is 17.0 Å². The Morgan fingerprint density at radius 1 is 1.35 bits per heavy atom. The van der Waals surface area contributed by atoms with Gasteiger partial charge in [-0.05, 0) is 25.5 Å². The van der Waals surface area contributed by atoms with Crippen molar-refractivity contribution in [2.45, 2.75) is 37.5 Å². The molecule has 0 radical (unpaired) electrons. The molecule has 1 aliphatic heterocycles. The summed E-state index contributed by atoms with van der Waals surface area (Å²) < 4.78 is 51.8. The van der Waals surface area contributed by atoms with Crippen LogP contribution in [-0.2, 0) is 9.84 Å². The summed E-state index contributed by atoms with van der Waals surface area (Å²) in [6.45, 7) is 2.31. The van der Waals surface area contributed by atoms with E-state index in [0.29, 0.717) is 19.4 Å². The first-order chi connectivity index (χ1) is 9.47. The largest absolute Gasteiger partial charge is 0.309 e. The molecular formula is C14H19F2NO2S. The normalized spacial score (nSPS) is 23.4. The summed E-state index contributed by atoms with van der Waals surface area (Å²) in [5.74, 6) is -1.78. The minimum Gasteiger partial charge on any atom is -0.309 e. The van der Waals surface area contributed by atoms with Crippen LogP contribution >= 0.6 is 0 Å². The van der Waals surface area contributed by atoms with E-state index in [0.717, 1.165) is 12.5 Å². The zero-order chi connectivity index (χ0) is 14.8. The van der Waals surface area contributed by atoms with Crippen molar-refractivity contribution in [3.63, 3.8) is 0 Å². The fourth-order valence-electron chi connectivity index (χ4n) is 2.78. The third-order valence-corrected chi connectivity index (χ3v) is 6.03. The van der Waals surface area contributed by atoms with Gasteiger partial charge in [-0.1, -0.05) is 25.5 Å². The van der Waals surface area contributed by atoms with Crippen molar-refractivity contribution in [1.29, 1.82) is 0 Å². The van der Waals surface area contributed by atoms with Crippen molar-refractivity contribution in [3.05, 3.63) is 35.4 Å². The summed E-state index contributed by atoms with van der Waals surface area (Å²) in [7, 11) is -3.27. The molecule has 3 nitrogen and oxygen atoms in total. The summed E-state index contributed by atoms with van der Waals surface area (Å²) in [4.78, 5) is 0. The highest BCUT2D eigenvalue weighted by Crippen LogP contribution is 2.32. The second kappa shape index (κ2) is 6.18. The number of nitrogens with one attached hydrogen (secondary N) is 1. The molecule has 2 atom stereocenters. The second-order valence-corrected chi connectivity index (χ2v) is 7.42. The Morgan fingerprint density at radius 3 is 2.75 bits per heavy atom. The van der Waals surface area contributed by atoms with E-state index in [9.17, 15) is 17.2 Å². The quantitative estimate of drug-likeness (QED) is 0.930. The maximum absolute atomic E-state index is 14.0. The average Bonchev–Trinajstić information content (AvgIpc) is 2.40. The zero-order valence-corrected chi connectivity index (χ0v) is 12.2. The van der Waals surface area contributed by atoms with Crippen molar-refractivity contribution in [2.24, 2.45) is 0 Å². The number of hydrogen-bond donors (Lipinski definition) is 1. The summed E-state index contributed by atoms with van der Waals surface area (Å²) >= 11 is 0. The first-order valence-electron chi connectivity index (χ1n) is 6.86. The molecule has 1 heterocycles. The Hall–Kier alpha value is -1.01. The van der Waals surface area contributed by atoms with E-state index in [1.807, 2.05) is 6.92 Å². The van der Waals surface area contributed by atoms with Gasteiger partial charge in [0.1, 0.15) is 0 Å². The van der Waals surface area contributed by atoms with Crippen LogP contribution in [0.3, 0.4) is 0 Å². The molecule has 6 heteroatoms. The molecule has 1 fully saturated rings. The average molecular weight is 303 g/mol. The predicted octanol–water partition coefficient (Wildman–Crippen LogP) is 2.58. The van der Waals surface area contributed by atoms with Crippen LogP contribution in [0.1, 0.15) is 37.8 Å². The van der Waals surface area contributed by atoms with Gasteiger partial charge in [-0.15, -0.1) is 0 Å². The molecule has 1 aromatic carbocycles. The Kier molecular flexibility index (Phi) is 4.75. The number of hydrogen-bond acceptors (Lipinski definition) is 3. The minimum atomic E-state index is -3.27. The molecule has 1 aromatic rings. The van der Waals surface area contributed by atoms with Gasteiger partial charge in [0.25, 0.3) is 0 Å². The molecule has 0 aromatic heterocycles. The molecule has 112 valence electrons. The lowest BCUT2D eigenvalue weighted by Gasteiger charge is -2.31. The summed E-state index contributed by atoms with van der Waals surface area (Å²) in [5, 5.41) is 2.32. The van der Waals surface area contributed by atoms with Gasteiger partial charge in [0.2, 0.25) is 0 Å². The smallest absolute Gasteiger partial charge is 0.163 e. The zero-order valence-electron chi connectivity index (χ0n) is 11.4. The molecule has 0 bridgehead atoms. The lowest BCUT2D eigenvalue weighted by molar-refractivity contribution is 0.426. The van der Waals surface area contributed by atoms with Crippen molar-refractivity contribution in [2.75, 3.05) is 12.3 Å². The fraction of sp³-hybridized carbons (Fsp3) is 0.571. The molecular weight excluding hydrogens is 284 g/mol. The van der Waals surface area contributed by atoms with Gasteiger partial charge in [-0.3, -0.25) is 0 Å². The lowest BCUT2D eigenvalue weighted by atomic mass is 9.98. The highest BCUT2D eigenvalue weighted by molar-refractivity contribution is 7.92. The number of rotatable bonds is 4.